The molecule has 1 aliphatic heterocycles. The van der Waals surface area contributed by atoms with Gasteiger partial charge in [0.2, 0.25) is 0 Å². The standard InChI is InChI=1S/C30H37NO4S2/c1-3-5-6-7-8-9-10-12-25(32)23-17-18-26(24(11-4-2)28(23)33)35-20-22-15-13-21(14-16-22)19-27-29(34)31-30(36)37-27/h13-19,33H,3-12,20H2,1-2H3,(H,31,34,36)/b27-19+. The number of phenolic OH excluding ortho intramolecular Hbond substituents is 1. The van der Waals surface area contributed by atoms with Crippen LogP contribution in [0.2, 0.25) is 0 Å². The summed E-state index contributed by atoms with van der Waals surface area (Å²) in [6.45, 7) is 4.58. The third kappa shape index (κ3) is 8.71. The van der Waals surface area contributed by atoms with Crippen LogP contribution in [0.5, 0.6) is 11.5 Å². The summed E-state index contributed by atoms with van der Waals surface area (Å²) in [5.41, 5.74) is 2.95. The number of thiocarbonyl (C=S) groups is 1. The molecule has 0 radical (unpaired) electrons. The molecule has 1 fully saturated rings. The molecule has 2 aromatic carbocycles. The van der Waals surface area contributed by atoms with Gasteiger partial charge < -0.3 is 15.2 Å². The molecule has 198 valence electrons. The van der Waals surface area contributed by atoms with E-state index in [2.05, 4.69) is 12.2 Å². The lowest BCUT2D eigenvalue weighted by atomic mass is 9.98. The number of aromatic hydroxyl groups is 1. The smallest absolute Gasteiger partial charge is 0.263 e. The Morgan fingerprint density at radius 1 is 1.00 bits per heavy atom. The average molecular weight is 540 g/mol. The minimum absolute atomic E-state index is 0.00506. The van der Waals surface area contributed by atoms with Gasteiger partial charge in [-0.15, -0.1) is 0 Å². The zero-order chi connectivity index (χ0) is 26.6. The second-order valence-corrected chi connectivity index (χ2v) is 11.1. The number of phenols is 1. The van der Waals surface area contributed by atoms with Crippen molar-refractivity contribution in [2.24, 2.45) is 0 Å². The molecule has 37 heavy (non-hydrogen) atoms. The Balaban J connectivity index is 1.59. The first-order chi connectivity index (χ1) is 17.9. The van der Waals surface area contributed by atoms with Crippen molar-refractivity contribution in [3.8, 4) is 11.5 Å². The predicted molar refractivity (Wildman–Crippen MR) is 156 cm³/mol. The minimum Gasteiger partial charge on any atom is -0.507 e. The predicted octanol–water partition coefficient (Wildman–Crippen LogP) is 7.74. The number of Topliss-reactive ketones (excluding diaryl/α,β-unsaturated/α-hetero) is 1. The van der Waals surface area contributed by atoms with E-state index in [4.69, 9.17) is 17.0 Å². The Labute approximate surface area is 230 Å². The van der Waals surface area contributed by atoms with E-state index in [1.807, 2.05) is 37.3 Å². The van der Waals surface area contributed by atoms with Gasteiger partial charge in [-0.25, -0.2) is 0 Å². The number of amides is 1. The van der Waals surface area contributed by atoms with Crippen LogP contribution in [0.15, 0.2) is 41.3 Å². The van der Waals surface area contributed by atoms with Crippen molar-refractivity contribution in [1.29, 1.82) is 0 Å². The first-order valence-corrected chi connectivity index (χ1v) is 14.5. The topological polar surface area (TPSA) is 75.6 Å². The summed E-state index contributed by atoms with van der Waals surface area (Å²) in [6, 6.07) is 11.2. The number of thioether (sulfide) groups is 1. The molecule has 1 amide bonds. The van der Waals surface area contributed by atoms with Crippen molar-refractivity contribution in [2.45, 2.75) is 84.7 Å². The molecule has 0 saturated carbocycles. The van der Waals surface area contributed by atoms with Gasteiger partial charge in [0.25, 0.3) is 5.91 Å². The zero-order valence-electron chi connectivity index (χ0n) is 21.8. The van der Waals surface area contributed by atoms with E-state index in [1.165, 1.54) is 37.4 Å². The number of benzene rings is 2. The molecule has 0 unspecified atom stereocenters. The van der Waals surface area contributed by atoms with Gasteiger partial charge in [-0.1, -0.05) is 107 Å². The summed E-state index contributed by atoms with van der Waals surface area (Å²) in [5, 5.41) is 13.5. The molecular weight excluding hydrogens is 502 g/mol. The quantitative estimate of drug-likeness (QED) is 0.104. The average Bonchev–Trinajstić information content (AvgIpc) is 3.20. The second kappa shape index (κ2) is 14.9. The van der Waals surface area contributed by atoms with Crippen molar-refractivity contribution < 1.29 is 19.4 Å². The number of hydrogen-bond acceptors (Lipinski definition) is 6. The van der Waals surface area contributed by atoms with Crippen LogP contribution in [0.3, 0.4) is 0 Å². The summed E-state index contributed by atoms with van der Waals surface area (Å²) in [5.74, 6) is 0.481. The van der Waals surface area contributed by atoms with Crippen LogP contribution in [0.1, 0.15) is 98.7 Å². The first-order valence-electron chi connectivity index (χ1n) is 13.3. The number of ether oxygens (including phenoxy) is 1. The van der Waals surface area contributed by atoms with Gasteiger partial charge in [0.1, 0.15) is 22.4 Å². The lowest BCUT2D eigenvalue weighted by Gasteiger charge is -2.15. The molecule has 0 aliphatic carbocycles. The number of rotatable bonds is 15. The van der Waals surface area contributed by atoms with Gasteiger partial charge in [0.05, 0.1) is 10.5 Å². The molecule has 0 aromatic heterocycles. The normalized spacial score (nSPS) is 14.3. The van der Waals surface area contributed by atoms with Crippen molar-refractivity contribution in [3.05, 3.63) is 63.6 Å². The van der Waals surface area contributed by atoms with Gasteiger partial charge >= 0.3 is 0 Å². The van der Waals surface area contributed by atoms with Gasteiger partial charge in [0.15, 0.2) is 5.78 Å². The van der Waals surface area contributed by atoms with E-state index in [0.29, 0.717) is 45.6 Å². The van der Waals surface area contributed by atoms with Crippen LogP contribution in [-0.4, -0.2) is 21.1 Å². The molecule has 0 bridgehead atoms. The lowest BCUT2D eigenvalue weighted by molar-refractivity contribution is -0.115. The van der Waals surface area contributed by atoms with E-state index in [0.717, 1.165) is 36.8 Å². The highest BCUT2D eigenvalue weighted by Crippen LogP contribution is 2.34. The van der Waals surface area contributed by atoms with Crippen LogP contribution in [0.4, 0.5) is 0 Å². The van der Waals surface area contributed by atoms with Crippen LogP contribution in [0, 0.1) is 0 Å². The number of carbonyl (C=O) groups excluding carboxylic acids is 2. The Hall–Kier alpha value is -2.64. The molecule has 5 nitrogen and oxygen atoms in total. The maximum Gasteiger partial charge on any atom is 0.263 e. The highest BCUT2D eigenvalue weighted by Gasteiger charge is 2.22. The minimum atomic E-state index is -0.171. The third-order valence-electron chi connectivity index (χ3n) is 6.36. The summed E-state index contributed by atoms with van der Waals surface area (Å²) in [4.78, 5) is 25.2. The van der Waals surface area contributed by atoms with Crippen molar-refractivity contribution in [2.75, 3.05) is 0 Å². The molecule has 1 saturated heterocycles. The number of hydrogen-bond donors (Lipinski definition) is 2. The van der Waals surface area contributed by atoms with Gasteiger partial charge in [0, 0.05) is 12.0 Å². The summed E-state index contributed by atoms with van der Waals surface area (Å²) in [6.07, 6.45) is 11.8. The maximum absolute atomic E-state index is 12.8. The third-order valence-corrected chi connectivity index (χ3v) is 7.52. The summed E-state index contributed by atoms with van der Waals surface area (Å²) < 4.78 is 6.54. The Morgan fingerprint density at radius 2 is 1.70 bits per heavy atom. The van der Waals surface area contributed by atoms with E-state index in [9.17, 15) is 14.7 Å². The number of carbonyl (C=O) groups is 2. The highest BCUT2D eigenvalue weighted by atomic mass is 32.2. The largest absolute Gasteiger partial charge is 0.507 e. The SMILES string of the molecule is CCCCCCCCCC(=O)c1ccc(OCc2ccc(/C=C3/SC(=S)NC3=O)cc2)c(CCC)c1O. The van der Waals surface area contributed by atoms with E-state index in [1.54, 1.807) is 12.1 Å². The fourth-order valence-electron chi connectivity index (χ4n) is 4.29. The monoisotopic (exact) mass is 539 g/mol. The fraction of sp³-hybridized carbons (Fsp3) is 0.433. The maximum atomic E-state index is 12.8. The van der Waals surface area contributed by atoms with Crippen LogP contribution in [0.25, 0.3) is 6.08 Å². The Kier molecular flexibility index (Phi) is 11.7. The first kappa shape index (κ1) is 28.9. The summed E-state index contributed by atoms with van der Waals surface area (Å²) in [7, 11) is 0. The van der Waals surface area contributed by atoms with E-state index < -0.39 is 0 Å². The molecule has 1 aliphatic rings. The Bertz CT molecular complexity index is 1130. The fourth-order valence-corrected chi connectivity index (χ4v) is 5.33. The summed E-state index contributed by atoms with van der Waals surface area (Å²) >= 11 is 6.29. The second-order valence-electron chi connectivity index (χ2n) is 9.37. The van der Waals surface area contributed by atoms with Crippen molar-refractivity contribution >= 4 is 46.1 Å². The molecular formula is C30H37NO4S2. The van der Waals surface area contributed by atoms with Crippen LogP contribution < -0.4 is 10.1 Å². The van der Waals surface area contributed by atoms with Gasteiger partial charge in [-0.2, -0.15) is 0 Å². The zero-order valence-corrected chi connectivity index (χ0v) is 23.4. The Morgan fingerprint density at radius 3 is 2.35 bits per heavy atom. The molecule has 1 heterocycles. The molecule has 2 aromatic rings. The number of unbranched alkanes of at least 4 members (excludes halogenated alkanes) is 6. The van der Waals surface area contributed by atoms with Gasteiger partial charge in [-0.05, 0) is 42.2 Å². The number of ketones is 1. The molecule has 0 spiro atoms. The van der Waals surface area contributed by atoms with Crippen molar-refractivity contribution in [3.63, 3.8) is 0 Å². The molecule has 7 heteroatoms. The molecule has 0 atom stereocenters. The van der Waals surface area contributed by atoms with E-state index >= 15 is 0 Å². The highest BCUT2D eigenvalue weighted by molar-refractivity contribution is 8.26. The lowest BCUT2D eigenvalue weighted by Crippen LogP contribution is -2.17. The molecule has 2 N–H and O–H groups in total. The van der Waals surface area contributed by atoms with E-state index in [-0.39, 0.29) is 17.4 Å². The van der Waals surface area contributed by atoms with Gasteiger partial charge in [-0.3, -0.25) is 9.59 Å². The van der Waals surface area contributed by atoms with Crippen LogP contribution in [-0.2, 0) is 17.8 Å². The number of nitrogens with one attached hydrogen (secondary N) is 1. The van der Waals surface area contributed by atoms with Crippen LogP contribution >= 0.6 is 24.0 Å². The van der Waals surface area contributed by atoms with Crippen molar-refractivity contribution in [1.82, 2.24) is 5.32 Å². The molecule has 3 rings (SSSR count).